The van der Waals surface area contributed by atoms with Gasteiger partial charge >= 0.3 is 12.0 Å². The van der Waals surface area contributed by atoms with E-state index >= 15 is 0 Å². The number of nitrogens with one attached hydrogen (secondary N) is 1. The van der Waals surface area contributed by atoms with Crippen molar-refractivity contribution in [1.29, 1.82) is 0 Å². The lowest BCUT2D eigenvalue weighted by Crippen LogP contribution is -2.46. The number of anilines is 1. The Morgan fingerprint density at radius 3 is 2.38 bits per heavy atom. The number of carboxylic acid groups (broad SMARTS) is 1. The average Bonchev–Trinajstić information content (AvgIpc) is 2.43. The van der Waals surface area contributed by atoms with Crippen molar-refractivity contribution in [2.75, 3.05) is 25.6 Å². The minimum atomic E-state index is -1.50. The van der Waals surface area contributed by atoms with Gasteiger partial charge in [0, 0.05) is 19.3 Å². The molecule has 3 N–H and O–H groups in total. The summed E-state index contributed by atoms with van der Waals surface area (Å²) >= 11 is 0. The van der Waals surface area contributed by atoms with E-state index in [1.807, 2.05) is 0 Å². The molecular weight excluding hydrogens is 276 g/mol. The van der Waals surface area contributed by atoms with Crippen molar-refractivity contribution < 1.29 is 24.5 Å². The Kier molecular flexibility index (Phi) is 5.54. The minimum absolute atomic E-state index is 0.154. The van der Waals surface area contributed by atoms with Gasteiger partial charge in [0.1, 0.15) is 5.75 Å². The van der Waals surface area contributed by atoms with Gasteiger partial charge in [0.2, 0.25) is 0 Å². The summed E-state index contributed by atoms with van der Waals surface area (Å²) in [6.07, 6.45) is -0.445. The smallest absolute Gasteiger partial charge is 0.321 e. The second-order valence-corrected chi connectivity index (χ2v) is 4.98. The predicted molar refractivity (Wildman–Crippen MR) is 77.7 cm³/mol. The maximum absolute atomic E-state index is 12.0. The van der Waals surface area contributed by atoms with Crippen LogP contribution in [0.1, 0.15) is 13.3 Å². The van der Waals surface area contributed by atoms with Gasteiger partial charge in [0.15, 0.2) is 0 Å². The maximum atomic E-state index is 12.0. The normalized spacial score (nSPS) is 13.1. The molecule has 21 heavy (non-hydrogen) atoms. The Bertz CT molecular complexity index is 499. The molecule has 116 valence electrons. The number of carbonyl (C=O) groups is 2. The SMILES string of the molecule is COc1ccc(N(C)C(=O)NCC(C)(O)CC(=O)O)cc1. The first kappa shape index (κ1) is 16.8. The van der Waals surface area contributed by atoms with Crippen LogP contribution >= 0.6 is 0 Å². The number of carbonyl (C=O) groups excluding carboxylic acids is 1. The molecule has 1 aromatic carbocycles. The van der Waals surface area contributed by atoms with Gasteiger partial charge in [-0.2, -0.15) is 0 Å². The van der Waals surface area contributed by atoms with Crippen LogP contribution in [0.15, 0.2) is 24.3 Å². The summed E-state index contributed by atoms with van der Waals surface area (Å²) in [5, 5.41) is 21.0. The van der Waals surface area contributed by atoms with Gasteiger partial charge in [-0.25, -0.2) is 4.79 Å². The number of hydrogen-bond acceptors (Lipinski definition) is 4. The first-order valence-electron chi connectivity index (χ1n) is 6.35. The van der Waals surface area contributed by atoms with Gasteiger partial charge in [-0.3, -0.25) is 9.69 Å². The summed E-state index contributed by atoms with van der Waals surface area (Å²) < 4.78 is 5.03. The Morgan fingerprint density at radius 1 is 1.33 bits per heavy atom. The monoisotopic (exact) mass is 296 g/mol. The van der Waals surface area contributed by atoms with E-state index in [9.17, 15) is 14.7 Å². The van der Waals surface area contributed by atoms with Gasteiger partial charge in [0.25, 0.3) is 0 Å². The zero-order chi connectivity index (χ0) is 16.0. The standard InChI is InChI=1S/C14H20N2O5/c1-14(20,8-12(17)18)9-15-13(19)16(2)10-4-6-11(21-3)7-5-10/h4-7,20H,8-9H2,1-3H3,(H,15,19)(H,17,18). The van der Waals surface area contributed by atoms with Crippen LogP contribution in [0.2, 0.25) is 0 Å². The van der Waals surface area contributed by atoms with Crippen LogP contribution in [-0.2, 0) is 4.79 Å². The van der Waals surface area contributed by atoms with E-state index in [2.05, 4.69) is 5.32 Å². The average molecular weight is 296 g/mol. The Balaban J connectivity index is 2.60. The van der Waals surface area contributed by atoms with E-state index in [4.69, 9.17) is 9.84 Å². The number of nitrogens with zero attached hydrogens (tertiary/aromatic N) is 1. The van der Waals surface area contributed by atoms with Crippen LogP contribution < -0.4 is 15.0 Å². The summed E-state index contributed by atoms with van der Waals surface area (Å²) in [6.45, 7) is 1.20. The lowest BCUT2D eigenvalue weighted by molar-refractivity contribution is -0.141. The number of carboxylic acids is 1. The fourth-order valence-electron chi connectivity index (χ4n) is 1.70. The summed E-state index contributed by atoms with van der Waals surface area (Å²) in [6, 6.07) is 6.44. The van der Waals surface area contributed by atoms with E-state index in [0.717, 1.165) is 0 Å². The van der Waals surface area contributed by atoms with E-state index in [-0.39, 0.29) is 6.54 Å². The van der Waals surface area contributed by atoms with Crippen LogP contribution in [0, 0.1) is 0 Å². The van der Waals surface area contributed by atoms with Crippen molar-refractivity contribution in [2.45, 2.75) is 18.9 Å². The van der Waals surface area contributed by atoms with Crippen LogP contribution in [0.25, 0.3) is 0 Å². The summed E-state index contributed by atoms with van der Waals surface area (Å²) in [5.41, 5.74) is -0.853. The molecule has 0 fully saturated rings. The molecule has 0 radical (unpaired) electrons. The summed E-state index contributed by atoms with van der Waals surface area (Å²) in [4.78, 5) is 23.9. The number of benzene rings is 1. The van der Waals surface area contributed by atoms with Crippen LogP contribution in [0.3, 0.4) is 0 Å². The highest BCUT2D eigenvalue weighted by atomic mass is 16.5. The molecular formula is C14H20N2O5. The van der Waals surface area contributed by atoms with E-state index in [1.54, 1.807) is 38.4 Å². The van der Waals surface area contributed by atoms with Crippen molar-refractivity contribution >= 4 is 17.7 Å². The second-order valence-electron chi connectivity index (χ2n) is 4.98. The highest BCUT2D eigenvalue weighted by molar-refractivity contribution is 5.91. The van der Waals surface area contributed by atoms with Gasteiger partial charge in [-0.15, -0.1) is 0 Å². The third-order valence-corrected chi connectivity index (χ3v) is 2.92. The summed E-state index contributed by atoms with van der Waals surface area (Å²) in [5.74, 6) is -0.449. The molecule has 0 heterocycles. The van der Waals surface area contributed by atoms with Gasteiger partial charge in [-0.05, 0) is 31.2 Å². The highest BCUT2D eigenvalue weighted by Gasteiger charge is 2.25. The first-order valence-corrected chi connectivity index (χ1v) is 6.35. The molecule has 1 atom stereocenters. The van der Waals surface area contributed by atoms with Crippen molar-refractivity contribution in [3.63, 3.8) is 0 Å². The number of amides is 2. The molecule has 7 nitrogen and oxygen atoms in total. The van der Waals surface area contributed by atoms with Crippen molar-refractivity contribution in [3.8, 4) is 5.75 Å². The molecule has 0 aliphatic heterocycles. The van der Waals surface area contributed by atoms with Gasteiger partial charge < -0.3 is 20.3 Å². The molecule has 0 aliphatic carbocycles. The topological polar surface area (TPSA) is 99.1 Å². The molecule has 0 bridgehead atoms. The van der Waals surface area contributed by atoms with Gasteiger partial charge in [-0.1, -0.05) is 0 Å². The number of rotatable bonds is 6. The van der Waals surface area contributed by atoms with Gasteiger partial charge in [0.05, 0.1) is 19.1 Å². The maximum Gasteiger partial charge on any atom is 0.321 e. The Hall–Kier alpha value is -2.28. The molecule has 0 saturated heterocycles. The molecule has 0 aromatic heterocycles. The number of hydrogen-bond donors (Lipinski definition) is 3. The number of aliphatic carboxylic acids is 1. The fraction of sp³-hybridized carbons (Fsp3) is 0.429. The fourth-order valence-corrected chi connectivity index (χ4v) is 1.70. The number of ether oxygens (including phenoxy) is 1. The predicted octanol–water partition coefficient (Wildman–Crippen LogP) is 1.07. The molecule has 1 unspecified atom stereocenters. The van der Waals surface area contributed by atoms with Crippen LogP contribution in [0.5, 0.6) is 5.75 Å². The van der Waals surface area contributed by atoms with Crippen LogP contribution in [0.4, 0.5) is 10.5 Å². The zero-order valence-corrected chi connectivity index (χ0v) is 12.3. The second kappa shape index (κ2) is 6.94. The Morgan fingerprint density at radius 2 is 1.90 bits per heavy atom. The molecule has 7 heteroatoms. The first-order chi connectivity index (χ1) is 9.75. The lowest BCUT2D eigenvalue weighted by atomic mass is 10.0. The molecule has 2 amide bonds. The highest BCUT2D eigenvalue weighted by Crippen LogP contribution is 2.18. The number of urea groups is 1. The zero-order valence-electron chi connectivity index (χ0n) is 12.3. The molecule has 1 rings (SSSR count). The third kappa shape index (κ3) is 5.31. The number of aliphatic hydroxyl groups is 1. The van der Waals surface area contributed by atoms with E-state index in [0.29, 0.717) is 11.4 Å². The minimum Gasteiger partial charge on any atom is -0.497 e. The molecule has 0 saturated carbocycles. The summed E-state index contributed by atoms with van der Waals surface area (Å²) in [7, 11) is 3.12. The lowest BCUT2D eigenvalue weighted by Gasteiger charge is -2.24. The van der Waals surface area contributed by atoms with Crippen molar-refractivity contribution in [3.05, 3.63) is 24.3 Å². The quantitative estimate of drug-likeness (QED) is 0.729. The largest absolute Gasteiger partial charge is 0.497 e. The third-order valence-electron chi connectivity index (χ3n) is 2.92. The van der Waals surface area contributed by atoms with Crippen molar-refractivity contribution in [2.24, 2.45) is 0 Å². The number of methoxy groups -OCH3 is 1. The van der Waals surface area contributed by atoms with Crippen molar-refractivity contribution in [1.82, 2.24) is 5.32 Å². The molecule has 0 spiro atoms. The molecule has 0 aliphatic rings. The Labute approximate surface area is 123 Å². The van der Waals surface area contributed by atoms with E-state index in [1.165, 1.54) is 11.8 Å². The van der Waals surface area contributed by atoms with E-state index < -0.39 is 24.0 Å². The molecule has 1 aromatic rings. The van der Waals surface area contributed by atoms with Crippen LogP contribution in [-0.4, -0.2) is 48.5 Å².